The highest BCUT2D eigenvalue weighted by atomic mass is 16.5. The number of aromatic nitrogens is 1. The van der Waals surface area contributed by atoms with Crippen LogP contribution in [0.4, 0.5) is 0 Å². The standard InChI is InChI=1S/C25H28N2O5/c1-29-22-13-16(7-8-21(22)32-11-10-28)25-18-15-24(31-3)23(30-2)14-17(18)12-20(27-25)19-6-4-5-9-26-19/h4-9,13-15,20,25,27-28H,10-12H2,1-3H3/t20-,25-/m0/s1. The SMILES string of the molecule is COc1cc2c(cc1OC)[C@H](c1ccc(OCCO)c(OC)c1)N[C@H](c1ccccn1)C2. The second kappa shape index (κ2) is 9.89. The number of rotatable bonds is 8. The summed E-state index contributed by atoms with van der Waals surface area (Å²) in [5.74, 6) is 2.59. The van der Waals surface area contributed by atoms with Gasteiger partial charge in [-0.1, -0.05) is 12.1 Å². The first kappa shape index (κ1) is 21.9. The van der Waals surface area contributed by atoms with E-state index in [0.717, 1.165) is 23.2 Å². The van der Waals surface area contributed by atoms with Crippen LogP contribution in [-0.4, -0.2) is 44.6 Å². The fourth-order valence-corrected chi connectivity index (χ4v) is 4.14. The molecule has 1 aliphatic heterocycles. The molecule has 0 saturated heterocycles. The predicted octanol–water partition coefficient (Wildman–Crippen LogP) is 3.45. The molecule has 2 N–H and O–H groups in total. The summed E-state index contributed by atoms with van der Waals surface area (Å²) >= 11 is 0. The van der Waals surface area contributed by atoms with Gasteiger partial charge in [-0.15, -0.1) is 0 Å². The second-order valence-electron chi connectivity index (χ2n) is 7.50. The number of hydrogen-bond acceptors (Lipinski definition) is 7. The van der Waals surface area contributed by atoms with Crippen LogP contribution in [0.3, 0.4) is 0 Å². The molecule has 0 spiro atoms. The van der Waals surface area contributed by atoms with Gasteiger partial charge in [0.25, 0.3) is 0 Å². The summed E-state index contributed by atoms with van der Waals surface area (Å²) in [5.41, 5.74) is 4.28. The molecule has 0 bridgehead atoms. The number of hydrogen-bond donors (Lipinski definition) is 2. The van der Waals surface area contributed by atoms with Crippen molar-refractivity contribution in [2.45, 2.75) is 18.5 Å². The van der Waals surface area contributed by atoms with Crippen molar-refractivity contribution in [2.24, 2.45) is 0 Å². The molecular formula is C25H28N2O5. The Bertz CT molecular complexity index is 1060. The van der Waals surface area contributed by atoms with Gasteiger partial charge in [0.15, 0.2) is 23.0 Å². The molecule has 0 amide bonds. The first-order chi connectivity index (χ1) is 15.7. The van der Waals surface area contributed by atoms with E-state index in [1.165, 1.54) is 5.56 Å². The highest BCUT2D eigenvalue weighted by Crippen LogP contribution is 2.42. The molecule has 7 heteroatoms. The van der Waals surface area contributed by atoms with E-state index in [-0.39, 0.29) is 25.3 Å². The molecule has 32 heavy (non-hydrogen) atoms. The molecule has 168 valence electrons. The van der Waals surface area contributed by atoms with Gasteiger partial charge in [0.1, 0.15) is 6.61 Å². The molecule has 1 aromatic heterocycles. The summed E-state index contributed by atoms with van der Waals surface area (Å²) in [6.07, 6.45) is 2.59. The summed E-state index contributed by atoms with van der Waals surface area (Å²) in [7, 11) is 4.90. The topological polar surface area (TPSA) is 82.1 Å². The van der Waals surface area contributed by atoms with Gasteiger partial charge in [-0.3, -0.25) is 10.3 Å². The lowest BCUT2D eigenvalue weighted by Gasteiger charge is -2.34. The zero-order chi connectivity index (χ0) is 22.5. The maximum Gasteiger partial charge on any atom is 0.161 e. The molecule has 2 atom stereocenters. The van der Waals surface area contributed by atoms with Gasteiger partial charge >= 0.3 is 0 Å². The molecule has 0 fully saturated rings. The Morgan fingerprint density at radius 2 is 1.69 bits per heavy atom. The van der Waals surface area contributed by atoms with Crippen LogP contribution in [0.2, 0.25) is 0 Å². The summed E-state index contributed by atoms with van der Waals surface area (Å²) < 4.78 is 22.3. The third-order valence-electron chi connectivity index (χ3n) is 5.66. The molecule has 0 unspecified atom stereocenters. The van der Waals surface area contributed by atoms with Gasteiger partial charge in [-0.2, -0.15) is 0 Å². The molecule has 7 nitrogen and oxygen atoms in total. The number of benzene rings is 2. The number of nitrogens with one attached hydrogen (secondary N) is 1. The molecule has 4 rings (SSSR count). The Kier molecular flexibility index (Phi) is 6.78. The predicted molar refractivity (Wildman–Crippen MR) is 121 cm³/mol. The zero-order valence-electron chi connectivity index (χ0n) is 18.5. The lowest BCUT2D eigenvalue weighted by molar-refractivity contribution is 0.196. The molecule has 3 aromatic rings. The van der Waals surface area contributed by atoms with Gasteiger partial charge in [0.2, 0.25) is 0 Å². The number of fused-ring (bicyclic) bond motifs is 1. The molecule has 0 aliphatic carbocycles. The van der Waals surface area contributed by atoms with Gasteiger partial charge in [0, 0.05) is 6.20 Å². The van der Waals surface area contributed by atoms with E-state index in [1.54, 1.807) is 21.3 Å². The largest absolute Gasteiger partial charge is 0.493 e. The maximum absolute atomic E-state index is 9.08. The van der Waals surface area contributed by atoms with Crippen LogP contribution in [0.1, 0.15) is 34.5 Å². The van der Waals surface area contributed by atoms with Crippen molar-refractivity contribution in [3.63, 3.8) is 0 Å². The Labute approximate surface area is 187 Å². The maximum atomic E-state index is 9.08. The fraction of sp³-hybridized carbons (Fsp3) is 0.320. The Hall–Kier alpha value is -3.29. The van der Waals surface area contributed by atoms with Crippen LogP contribution in [0.25, 0.3) is 0 Å². The molecule has 2 aromatic carbocycles. The van der Waals surface area contributed by atoms with Gasteiger partial charge in [-0.05, 0) is 59.5 Å². The molecule has 1 aliphatic rings. The van der Waals surface area contributed by atoms with Crippen molar-refractivity contribution < 1.29 is 24.1 Å². The average molecular weight is 437 g/mol. The van der Waals surface area contributed by atoms with Gasteiger partial charge < -0.3 is 24.1 Å². The zero-order valence-corrected chi connectivity index (χ0v) is 18.5. The van der Waals surface area contributed by atoms with Crippen LogP contribution in [0.5, 0.6) is 23.0 Å². The smallest absolute Gasteiger partial charge is 0.161 e. The van der Waals surface area contributed by atoms with E-state index < -0.39 is 0 Å². The van der Waals surface area contributed by atoms with Crippen LogP contribution in [0.15, 0.2) is 54.7 Å². The third-order valence-corrected chi connectivity index (χ3v) is 5.66. The van der Waals surface area contributed by atoms with Crippen LogP contribution < -0.4 is 24.3 Å². The van der Waals surface area contributed by atoms with Crippen LogP contribution >= 0.6 is 0 Å². The monoisotopic (exact) mass is 436 g/mol. The quantitative estimate of drug-likeness (QED) is 0.560. The molecule has 0 radical (unpaired) electrons. The van der Waals surface area contributed by atoms with E-state index in [0.29, 0.717) is 23.0 Å². The lowest BCUT2D eigenvalue weighted by atomic mass is 9.85. The summed E-state index contributed by atoms with van der Waals surface area (Å²) in [6, 6.07) is 15.8. The second-order valence-corrected chi connectivity index (χ2v) is 7.50. The number of nitrogens with zero attached hydrogens (tertiary/aromatic N) is 1. The molecule has 2 heterocycles. The highest BCUT2D eigenvalue weighted by molar-refractivity contribution is 5.54. The minimum atomic E-state index is -0.119. The normalized spacial score (nSPS) is 17.4. The van der Waals surface area contributed by atoms with E-state index in [1.807, 2.05) is 54.7 Å². The minimum absolute atomic E-state index is 0.0307. The fourth-order valence-electron chi connectivity index (χ4n) is 4.14. The van der Waals surface area contributed by atoms with Crippen molar-refractivity contribution in [3.8, 4) is 23.0 Å². The first-order valence-electron chi connectivity index (χ1n) is 10.5. The van der Waals surface area contributed by atoms with E-state index >= 15 is 0 Å². The third kappa shape index (κ3) is 4.35. The van der Waals surface area contributed by atoms with Gasteiger partial charge in [-0.25, -0.2) is 0 Å². The number of methoxy groups -OCH3 is 3. The molecule has 0 saturated carbocycles. The Balaban J connectivity index is 1.79. The van der Waals surface area contributed by atoms with E-state index in [9.17, 15) is 0 Å². The number of aliphatic hydroxyl groups excluding tert-OH is 1. The number of ether oxygens (including phenoxy) is 4. The average Bonchev–Trinajstić information content (AvgIpc) is 2.86. The minimum Gasteiger partial charge on any atom is -0.493 e. The van der Waals surface area contributed by atoms with Crippen molar-refractivity contribution in [2.75, 3.05) is 34.5 Å². The Morgan fingerprint density at radius 1 is 0.938 bits per heavy atom. The summed E-state index contributed by atoms with van der Waals surface area (Å²) in [6.45, 7) is 0.148. The Morgan fingerprint density at radius 3 is 2.38 bits per heavy atom. The summed E-state index contributed by atoms with van der Waals surface area (Å²) in [4.78, 5) is 4.57. The van der Waals surface area contributed by atoms with Crippen molar-refractivity contribution in [3.05, 3.63) is 77.1 Å². The van der Waals surface area contributed by atoms with Crippen LogP contribution in [-0.2, 0) is 6.42 Å². The van der Waals surface area contributed by atoms with E-state index in [4.69, 9.17) is 24.1 Å². The van der Waals surface area contributed by atoms with Crippen LogP contribution in [0, 0.1) is 0 Å². The van der Waals surface area contributed by atoms with Crippen molar-refractivity contribution >= 4 is 0 Å². The van der Waals surface area contributed by atoms with E-state index in [2.05, 4.69) is 10.3 Å². The first-order valence-corrected chi connectivity index (χ1v) is 10.5. The number of pyridine rings is 1. The summed E-state index contributed by atoms with van der Waals surface area (Å²) in [5, 5.41) is 12.8. The highest BCUT2D eigenvalue weighted by Gasteiger charge is 2.31. The van der Waals surface area contributed by atoms with Crippen molar-refractivity contribution in [1.29, 1.82) is 0 Å². The number of aliphatic hydroxyl groups is 1. The lowest BCUT2D eigenvalue weighted by Crippen LogP contribution is -2.34. The van der Waals surface area contributed by atoms with Crippen molar-refractivity contribution in [1.82, 2.24) is 10.3 Å². The van der Waals surface area contributed by atoms with Gasteiger partial charge in [0.05, 0.1) is 45.7 Å². The molecular weight excluding hydrogens is 408 g/mol.